The second-order valence-corrected chi connectivity index (χ2v) is 10.2. The van der Waals surface area contributed by atoms with E-state index in [2.05, 4.69) is 6.58 Å². The number of fused-ring (bicyclic) bond motifs is 1. The molecule has 1 N–H and O–H groups in total. The van der Waals surface area contributed by atoms with E-state index in [1.54, 1.807) is 29.2 Å². The summed E-state index contributed by atoms with van der Waals surface area (Å²) in [5.41, 5.74) is 3.24. The van der Waals surface area contributed by atoms with Gasteiger partial charge in [0.1, 0.15) is 12.2 Å². The van der Waals surface area contributed by atoms with E-state index in [1.807, 2.05) is 56.3 Å². The number of carbonyl (C=O) groups excluding carboxylic acids is 1. The normalized spacial score (nSPS) is 24.1. The summed E-state index contributed by atoms with van der Waals surface area (Å²) in [6, 6.07) is 20.0. The fraction of sp³-hybridized carbons (Fsp3) is 0.276. The second kappa shape index (κ2) is 9.66. The second-order valence-electron chi connectivity index (χ2n) is 9.36. The third kappa shape index (κ3) is 4.15. The van der Waals surface area contributed by atoms with Gasteiger partial charge in [-0.25, -0.2) is 0 Å². The van der Waals surface area contributed by atoms with Crippen molar-refractivity contribution in [3.63, 3.8) is 0 Å². The zero-order valence-corrected chi connectivity index (χ0v) is 21.6. The minimum absolute atomic E-state index is 0.170. The van der Waals surface area contributed by atoms with Crippen molar-refractivity contribution in [3.8, 4) is 0 Å². The van der Waals surface area contributed by atoms with Gasteiger partial charge < -0.3 is 14.6 Å². The molecule has 0 radical (unpaired) electrons. The molecule has 36 heavy (non-hydrogen) atoms. The highest BCUT2D eigenvalue weighted by atomic mass is 35.5. The van der Waals surface area contributed by atoms with Gasteiger partial charge in [-0.15, -0.1) is 0 Å². The van der Waals surface area contributed by atoms with Crippen LogP contribution >= 0.6 is 23.2 Å². The van der Waals surface area contributed by atoms with Crippen LogP contribution in [0.2, 0.25) is 10.0 Å². The quantitative estimate of drug-likeness (QED) is 0.416. The van der Waals surface area contributed by atoms with Crippen molar-refractivity contribution in [1.82, 2.24) is 4.90 Å². The lowest BCUT2D eigenvalue weighted by molar-refractivity contribution is -0.172. The van der Waals surface area contributed by atoms with E-state index in [4.69, 9.17) is 32.7 Å². The summed E-state index contributed by atoms with van der Waals surface area (Å²) >= 11 is 12.4. The highest BCUT2D eigenvalue weighted by molar-refractivity contribution is 6.30. The zero-order valence-electron chi connectivity index (χ0n) is 20.1. The molecular weight excluding hydrogens is 497 g/mol. The maximum absolute atomic E-state index is 14.2. The first-order chi connectivity index (χ1) is 17.2. The first-order valence-corrected chi connectivity index (χ1v) is 12.6. The summed E-state index contributed by atoms with van der Waals surface area (Å²) in [7, 11) is 0. The summed E-state index contributed by atoms with van der Waals surface area (Å²) in [4.78, 5) is 16.0. The number of benzene rings is 3. The van der Waals surface area contributed by atoms with Crippen LogP contribution < -0.4 is 0 Å². The van der Waals surface area contributed by atoms with Gasteiger partial charge in [-0.3, -0.25) is 9.69 Å². The van der Waals surface area contributed by atoms with Crippen molar-refractivity contribution in [2.24, 2.45) is 0 Å². The van der Waals surface area contributed by atoms with Gasteiger partial charge >= 0.3 is 0 Å². The van der Waals surface area contributed by atoms with E-state index in [9.17, 15) is 9.90 Å². The lowest BCUT2D eigenvalue weighted by Gasteiger charge is -2.44. The van der Waals surface area contributed by atoms with E-state index >= 15 is 0 Å². The molecule has 2 aliphatic rings. The molecular formula is C29H27Cl2NO4. The molecule has 7 heteroatoms. The Balaban J connectivity index is 1.77. The van der Waals surface area contributed by atoms with Crippen LogP contribution in [0.15, 0.2) is 73.3 Å². The third-order valence-corrected chi connectivity index (χ3v) is 7.47. The van der Waals surface area contributed by atoms with E-state index in [1.165, 1.54) is 0 Å². The number of hydrogen-bond acceptors (Lipinski definition) is 4. The summed E-state index contributed by atoms with van der Waals surface area (Å²) in [6.45, 7) is 8.30. The van der Waals surface area contributed by atoms with Gasteiger partial charge in [0.25, 0.3) is 5.91 Å². The van der Waals surface area contributed by atoms with Gasteiger partial charge in [-0.05, 0) is 55.3 Å². The van der Waals surface area contributed by atoms with Gasteiger partial charge in [0.2, 0.25) is 0 Å². The fourth-order valence-corrected chi connectivity index (χ4v) is 5.29. The molecule has 3 aromatic carbocycles. The van der Waals surface area contributed by atoms with Crippen molar-refractivity contribution in [2.75, 3.05) is 13.2 Å². The van der Waals surface area contributed by atoms with Gasteiger partial charge in [0.15, 0.2) is 5.72 Å². The van der Waals surface area contributed by atoms with Crippen LogP contribution in [0.3, 0.4) is 0 Å². The smallest absolute Gasteiger partial charge is 0.257 e. The Morgan fingerprint density at radius 2 is 1.72 bits per heavy atom. The zero-order chi connectivity index (χ0) is 25.6. The maximum Gasteiger partial charge on any atom is 0.257 e. The Morgan fingerprint density at radius 1 is 1.08 bits per heavy atom. The molecule has 186 valence electrons. The summed E-state index contributed by atoms with van der Waals surface area (Å²) in [5, 5.41) is 11.8. The van der Waals surface area contributed by atoms with E-state index in [0.717, 1.165) is 22.3 Å². The predicted octanol–water partition coefficient (Wildman–Crippen LogP) is 6.22. The van der Waals surface area contributed by atoms with E-state index < -0.39 is 24.0 Å². The molecule has 5 rings (SSSR count). The average Bonchev–Trinajstić information content (AvgIpc) is 3.38. The largest absolute Gasteiger partial charge is 0.388 e. The minimum atomic E-state index is -1.33. The predicted molar refractivity (Wildman–Crippen MR) is 141 cm³/mol. The number of rotatable bonds is 6. The number of amides is 1. The Labute approximate surface area is 220 Å². The van der Waals surface area contributed by atoms with Crippen LogP contribution in [-0.4, -0.2) is 41.3 Å². The Kier molecular flexibility index (Phi) is 6.70. The van der Waals surface area contributed by atoms with Crippen LogP contribution in [0.1, 0.15) is 52.5 Å². The standard InChI is InChI=1S/C29H27Cl2NO4/c1-17(2)20-6-13-25-24(14-20)28(34)32(18(3)19-4-9-22(30)10-5-19)29(25,21-7-11-23(31)12-8-21)36-27-16-35-15-26(27)33/h4-14,18,26-27,33H,1,15-16H2,2-3H3/t18-,26-,27+,29-/m0/s1. The lowest BCUT2D eigenvalue weighted by atomic mass is 9.90. The Bertz CT molecular complexity index is 1310. The molecule has 2 aliphatic heterocycles. The number of aliphatic hydroxyl groups is 1. The fourth-order valence-electron chi connectivity index (χ4n) is 5.04. The molecule has 0 aliphatic carbocycles. The summed E-state index contributed by atoms with van der Waals surface area (Å²) in [6.07, 6.45) is -1.46. The molecule has 0 unspecified atom stereocenters. The Hall–Kier alpha value is -2.67. The van der Waals surface area contributed by atoms with Crippen LogP contribution in [-0.2, 0) is 15.2 Å². The monoisotopic (exact) mass is 523 g/mol. The number of carbonyl (C=O) groups is 1. The molecule has 1 fully saturated rings. The van der Waals surface area contributed by atoms with E-state index in [-0.39, 0.29) is 19.1 Å². The highest BCUT2D eigenvalue weighted by Gasteiger charge is 2.56. The van der Waals surface area contributed by atoms with Crippen molar-refractivity contribution >= 4 is 34.7 Å². The molecule has 4 atom stereocenters. The number of nitrogens with zero attached hydrogens (tertiary/aromatic N) is 1. The molecule has 0 spiro atoms. The topological polar surface area (TPSA) is 59.0 Å². The van der Waals surface area contributed by atoms with Crippen LogP contribution in [0, 0.1) is 0 Å². The van der Waals surface area contributed by atoms with Crippen molar-refractivity contribution in [3.05, 3.63) is 111 Å². The maximum atomic E-state index is 14.2. The number of aliphatic hydroxyl groups excluding tert-OH is 1. The number of ether oxygens (including phenoxy) is 2. The molecule has 1 amide bonds. The van der Waals surface area contributed by atoms with Gasteiger partial charge in [-0.1, -0.05) is 71.8 Å². The van der Waals surface area contributed by atoms with Crippen LogP contribution in [0.4, 0.5) is 0 Å². The molecule has 0 bridgehead atoms. The van der Waals surface area contributed by atoms with Crippen LogP contribution in [0.25, 0.3) is 5.57 Å². The first-order valence-electron chi connectivity index (χ1n) is 11.8. The summed E-state index contributed by atoms with van der Waals surface area (Å²) in [5.74, 6) is -0.182. The SMILES string of the molecule is C=C(C)c1ccc2c(c1)C(=O)N([C@@H](C)c1ccc(Cl)cc1)[C@]2(O[C@@H]1COC[C@@H]1O)c1ccc(Cl)cc1. The van der Waals surface area contributed by atoms with Crippen molar-refractivity contribution in [1.29, 1.82) is 0 Å². The molecule has 2 heterocycles. The third-order valence-electron chi connectivity index (χ3n) is 6.96. The molecule has 3 aromatic rings. The van der Waals surface area contributed by atoms with Crippen molar-refractivity contribution in [2.45, 2.75) is 37.8 Å². The number of halogens is 2. The summed E-state index contributed by atoms with van der Waals surface area (Å²) < 4.78 is 12.3. The highest BCUT2D eigenvalue weighted by Crippen LogP contribution is 2.51. The average molecular weight is 524 g/mol. The Morgan fingerprint density at radius 3 is 2.31 bits per heavy atom. The van der Waals surface area contributed by atoms with Gasteiger partial charge in [-0.2, -0.15) is 0 Å². The minimum Gasteiger partial charge on any atom is -0.388 e. The van der Waals surface area contributed by atoms with E-state index in [0.29, 0.717) is 21.2 Å². The first kappa shape index (κ1) is 25.0. The molecule has 1 saturated heterocycles. The van der Waals surface area contributed by atoms with Gasteiger partial charge in [0.05, 0.1) is 19.3 Å². The van der Waals surface area contributed by atoms with Gasteiger partial charge in [0, 0.05) is 26.7 Å². The number of hydrogen-bond donors (Lipinski definition) is 1. The molecule has 5 nitrogen and oxygen atoms in total. The molecule has 0 aromatic heterocycles. The number of allylic oxidation sites excluding steroid dienone is 1. The van der Waals surface area contributed by atoms with Crippen LogP contribution in [0.5, 0.6) is 0 Å². The molecule has 0 saturated carbocycles. The van der Waals surface area contributed by atoms with Crippen molar-refractivity contribution < 1.29 is 19.4 Å². The lowest BCUT2D eigenvalue weighted by Crippen LogP contribution is -2.51.